The van der Waals surface area contributed by atoms with Crippen molar-refractivity contribution in [2.24, 2.45) is 0 Å². The van der Waals surface area contributed by atoms with Gasteiger partial charge in [-0.25, -0.2) is 4.39 Å². The predicted octanol–water partition coefficient (Wildman–Crippen LogP) is 2.94. The summed E-state index contributed by atoms with van der Waals surface area (Å²) >= 11 is 0. The first-order chi connectivity index (χ1) is 8.36. The standard InChI is InChI=1S/C14H20FNO/c15-13-8-4-5-9-14(13)16-10-11-17-12-6-2-1-3-7-12/h1-3,6-7,13-14,16H,4-5,8-11H2/t13-,14-/m1/s1. The Morgan fingerprint density at radius 3 is 2.71 bits per heavy atom. The van der Waals surface area contributed by atoms with Crippen molar-refractivity contribution < 1.29 is 9.13 Å². The van der Waals surface area contributed by atoms with Gasteiger partial charge >= 0.3 is 0 Å². The van der Waals surface area contributed by atoms with Crippen molar-refractivity contribution in [2.45, 2.75) is 37.9 Å². The molecular weight excluding hydrogens is 217 g/mol. The molecule has 1 saturated carbocycles. The van der Waals surface area contributed by atoms with Crippen LogP contribution < -0.4 is 10.1 Å². The third kappa shape index (κ3) is 4.00. The topological polar surface area (TPSA) is 21.3 Å². The van der Waals surface area contributed by atoms with Crippen molar-refractivity contribution in [3.05, 3.63) is 30.3 Å². The summed E-state index contributed by atoms with van der Waals surface area (Å²) in [6.07, 6.45) is 3.14. The fourth-order valence-corrected chi connectivity index (χ4v) is 2.25. The number of halogens is 1. The minimum absolute atomic E-state index is 0.0307. The summed E-state index contributed by atoms with van der Waals surface area (Å²) < 4.78 is 19.0. The van der Waals surface area contributed by atoms with Crippen LogP contribution in [0.4, 0.5) is 4.39 Å². The van der Waals surface area contributed by atoms with Crippen LogP contribution in [0.1, 0.15) is 25.7 Å². The average molecular weight is 237 g/mol. The molecule has 2 rings (SSSR count). The molecule has 1 aliphatic rings. The first kappa shape index (κ1) is 12.4. The predicted molar refractivity (Wildman–Crippen MR) is 67.1 cm³/mol. The zero-order chi connectivity index (χ0) is 11.9. The summed E-state index contributed by atoms with van der Waals surface area (Å²) in [5.74, 6) is 0.870. The monoisotopic (exact) mass is 237 g/mol. The van der Waals surface area contributed by atoms with Crippen LogP contribution in [0.5, 0.6) is 5.75 Å². The van der Waals surface area contributed by atoms with Gasteiger partial charge in [0.2, 0.25) is 0 Å². The van der Waals surface area contributed by atoms with Crippen molar-refractivity contribution in [2.75, 3.05) is 13.2 Å². The van der Waals surface area contributed by atoms with Crippen LogP contribution in [0.2, 0.25) is 0 Å². The summed E-state index contributed by atoms with van der Waals surface area (Å²) in [6.45, 7) is 1.30. The highest BCUT2D eigenvalue weighted by molar-refractivity contribution is 5.20. The Balaban J connectivity index is 1.63. The molecule has 0 heterocycles. The molecule has 1 aromatic carbocycles. The maximum absolute atomic E-state index is 13.5. The molecule has 0 aromatic heterocycles. The summed E-state index contributed by atoms with van der Waals surface area (Å²) in [5.41, 5.74) is 0. The van der Waals surface area contributed by atoms with Crippen LogP contribution in [0.25, 0.3) is 0 Å². The summed E-state index contributed by atoms with van der Waals surface area (Å²) in [5, 5.41) is 3.24. The maximum Gasteiger partial charge on any atom is 0.119 e. The van der Waals surface area contributed by atoms with Crippen molar-refractivity contribution in [3.63, 3.8) is 0 Å². The lowest BCUT2D eigenvalue weighted by atomic mass is 9.94. The Bertz CT molecular complexity index is 317. The van der Waals surface area contributed by atoms with Gasteiger partial charge in [0.15, 0.2) is 0 Å². The van der Waals surface area contributed by atoms with Crippen LogP contribution >= 0.6 is 0 Å². The zero-order valence-electron chi connectivity index (χ0n) is 10.1. The summed E-state index contributed by atoms with van der Waals surface area (Å²) in [4.78, 5) is 0. The molecule has 2 atom stereocenters. The SMILES string of the molecule is F[C@@H]1CCCC[C@H]1NCCOc1ccccc1. The van der Waals surface area contributed by atoms with E-state index >= 15 is 0 Å². The molecule has 0 spiro atoms. The average Bonchev–Trinajstić information content (AvgIpc) is 2.38. The van der Waals surface area contributed by atoms with Crippen molar-refractivity contribution in [1.29, 1.82) is 0 Å². The Kier molecular flexibility index (Phi) is 4.80. The Morgan fingerprint density at radius 2 is 1.94 bits per heavy atom. The smallest absolute Gasteiger partial charge is 0.119 e. The maximum atomic E-state index is 13.5. The summed E-state index contributed by atoms with van der Waals surface area (Å²) in [6, 6.07) is 9.74. The third-order valence-electron chi connectivity index (χ3n) is 3.20. The second-order valence-electron chi connectivity index (χ2n) is 4.52. The van der Waals surface area contributed by atoms with E-state index in [1.165, 1.54) is 0 Å². The highest BCUT2D eigenvalue weighted by atomic mass is 19.1. The number of benzene rings is 1. The lowest BCUT2D eigenvalue weighted by Gasteiger charge is -2.26. The van der Waals surface area contributed by atoms with E-state index < -0.39 is 6.17 Å². The molecule has 3 heteroatoms. The largest absolute Gasteiger partial charge is 0.492 e. The van der Waals surface area contributed by atoms with Crippen molar-refractivity contribution >= 4 is 0 Å². The minimum atomic E-state index is -0.680. The van der Waals surface area contributed by atoms with E-state index in [1.807, 2.05) is 30.3 Å². The van der Waals surface area contributed by atoms with E-state index in [4.69, 9.17) is 4.74 Å². The number of ether oxygens (including phenoxy) is 1. The van der Waals surface area contributed by atoms with Crippen LogP contribution in [0, 0.1) is 0 Å². The van der Waals surface area contributed by atoms with Gasteiger partial charge in [-0.05, 0) is 25.0 Å². The van der Waals surface area contributed by atoms with Crippen molar-refractivity contribution in [3.8, 4) is 5.75 Å². The van der Waals surface area contributed by atoms with Gasteiger partial charge < -0.3 is 10.1 Å². The van der Waals surface area contributed by atoms with E-state index in [0.29, 0.717) is 19.6 Å². The second kappa shape index (κ2) is 6.60. The highest BCUT2D eigenvalue weighted by Crippen LogP contribution is 2.20. The molecule has 0 aliphatic heterocycles. The number of hydrogen-bond acceptors (Lipinski definition) is 2. The Hall–Kier alpha value is -1.09. The number of para-hydroxylation sites is 1. The van der Waals surface area contributed by atoms with Crippen molar-refractivity contribution in [1.82, 2.24) is 5.32 Å². The van der Waals surface area contributed by atoms with E-state index in [2.05, 4.69) is 5.32 Å². The molecule has 17 heavy (non-hydrogen) atoms. The molecule has 0 bridgehead atoms. The number of rotatable bonds is 5. The van der Waals surface area contributed by atoms with Gasteiger partial charge in [0.25, 0.3) is 0 Å². The quantitative estimate of drug-likeness (QED) is 0.795. The molecule has 1 aromatic rings. The van der Waals surface area contributed by atoms with Gasteiger partial charge in [0, 0.05) is 12.6 Å². The van der Waals surface area contributed by atoms with Gasteiger partial charge in [-0.1, -0.05) is 31.0 Å². The third-order valence-corrected chi connectivity index (χ3v) is 3.20. The molecule has 2 nitrogen and oxygen atoms in total. The lowest BCUT2D eigenvalue weighted by molar-refractivity contribution is 0.182. The Labute approximate surface area is 102 Å². The molecule has 1 N–H and O–H groups in total. The molecule has 0 unspecified atom stereocenters. The van der Waals surface area contributed by atoms with Crippen LogP contribution in [0.3, 0.4) is 0 Å². The fraction of sp³-hybridized carbons (Fsp3) is 0.571. The second-order valence-corrected chi connectivity index (χ2v) is 4.52. The molecule has 94 valence electrons. The molecular formula is C14H20FNO. The van der Waals surface area contributed by atoms with E-state index in [-0.39, 0.29) is 6.04 Å². The van der Waals surface area contributed by atoms with E-state index in [0.717, 1.165) is 25.0 Å². The minimum Gasteiger partial charge on any atom is -0.492 e. The Morgan fingerprint density at radius 1 is 1.18 bits per heavy atom. The number of hydrogen-bond donors (Lipinski definition) is 1. The molecule has 1 fully saturated rings. The summed E-state index contributed by atoms with van der Waals surface area (Å²) in [7, 11) is 0. The molecule has 0 radical (unpaired) electrons. The normalized spacial score (nSPS) is 24.5. The van der Waals surface area contributed by atoms with Crippen LogP contribution in [-0.2, 0) is 0 Å². The molecule has 0 saturated heterocycles. The molecule has 1 aliphatic carbocycles. The van der Waals surface area contributed by atoms with E-state index in [1.54, 1.807) is 0 Å². The lowest BCUT2D eigenvalue weighted by Crippen LogP contribution is -2.41. The number of alkyl halides is 1. The van der Waals surface area contributed by atoms with E-state index in [9.17, 15) is 4.39 Å². The van der Waals surface area contributed by atoms with Gasteiger partial charge in [0.1, 0.15) is 18.5 Å². The van der Waals surface area contributed by atoms with Gasteiger partial charge in [-0.15, -0.1) is 0 Å². The highest BCUT2D eigenvalue weighted by Gasteiger charge is 2.23. The van der Waals surface area contributed by atoms with Gasteiger partial charge in [-0.3, -0.25) is 0 Å². The first-order valence-corrected chi connectivity index (χ1v) is 6.41. The number of nitrogens with one attached hydrogen (secondary N) is 1. The van der Waals surface area contributed by atoms with Gasteiger partial charge in [-0.2, -0.15) is 0 Å². The van der Waals surface area contributed by atoms with Crippen LogP contribution in [-0.4, -0.2) is 25.4 Å². The van der Waals surface area contributed by atoms with Gasteiger partial charge in [0.05, 0.1) is 0 Å². The molecule has 0 amide bonds. The fourth-order valence-electron chi connectivity index (χ4n) is 2.25. The zero-order valence-corrected chi connectivity index (χ0v) is 10.1. The van der Waals surface area contributed by atoms with Crippen LogP contribution in [0.15, 0.2) is 30.3 Å². The first-order valence-electron chi connectivity index (χ1n) is 6.41.